The number of methoxy groups -OCH3 is 1. The van der Waals surface area contributed by atoms with Crippen LogP contribution >= 0.6 is 24.8 Å². The molecule has 5 nitrogen and oxygen atoms in total. The highest BCUT2D eigenvalue weighted by Crippen LogP contribution is 2.25. The lowest BCUT2D eigenvalue weighted by molar-refractivity contribution is -0.118. The van der Waals surface area contributed by atoms with Crippen molar-refractivity contribution in [3.63, 3.8) is 0 Å². The van der Waals surface area contributed by atoms with Gasteiger partial charge in [0.2, 0.25) is 5.91 Å². The quantitative estimate of drug-likeness (QED) is 0.862. The van der Waals surface area contributed by atoms with Gasteiger partial charge in [0.1, 0.15) is 6.04 Å². The summed E-state index contributed by atoms with van der Waals surface area (Å²) in [5.41, 5.74) is 9.51. The molecule has 0 aliphatic carbocycles. The average molecular weight is 358 g/mol. The van der Waals surface area contributed by atoms with Crippen molar-refractivity contribution in [3.8, 4) is 11.1 Å². The third-order valence-corrected chi connectivity index (χ3v) is 3.19. The molecule has 23 heavy (non-hydrogen) atoms. The Labute approximate surface area is 148 Å². The van der Waals surface area contributed by atoms with Crippen molar-refractivity contribution in [2.24, 2.45) is 5.73 Å². The molecule has 0 fully saturated rings. The third-order valence-electron chi connectivity index (χ3n) is 3.19. The van der Waals surface area contributed by atoms with Crippen LogP contribution in [0.15, 0.2) is 42.7 Å². The van der Waals surface area contributed by atoms with Gasteiger partial charge in [0.05, 0.1) is 6.61 Å². The minimum Gasteiger partial charge on any atom is -0.383 e. The number of halogens is 2. The van der Waals surface area contributed by atoms with Gasteiger partial charge in [-0.3, -0.25) is 9.78 Å². The maximum absolute atomic E-state index is 12.0. The molecule has 1 amide bonds. The van der Waals surface area contributed by atoms with Crippen LogP contribution in [0, 0.1) is 6.92 Å². The van der Waals surface area contributed by atoms with Gasteiger partial charge >= 0.3 is 0 Å². The Hall–Kier alpha value is -1.66. The fourth-order valence-electron chi connectivity index (χ4n) is 1.96. The highest BCUT2D eigenvalue weighted by atomic mass is 35.5. The van der Waals surface area contributed by atoms with Gasteiger partial charge in [-0.2, -0.15) is 0 Å². The van der Waals surface area contributed by atoms with Crippen molar-refractivity contribution in [2.75, 3.05) is 19.0 Å². The van der Waals surface area contributed by atoms with E-state index in [9.17, 15) is 4.79 Å². The first-order chi connectivity index (χ1) is 10.1. The number of carbonyl (C=O) groups excluding carboxylic acids is 1. The average Bonchev–Trinajstić information content (AvgIpc) is 2.50. The van der Waals surface area contributed by atoms with E-state index >= 15 is 0 Å². The molecule has 0 spiro atoms. The number of amides is 1. The van der Waals surface area contributed by atoms with Crippen LogP contribution < -0.4 is 11.1 Å². The maximum Gasteiger partial charge on any atom is 0.243 e. The Morgan fingerprint density at radius 3 is 2.48 bits per heavy atom. The SMILES string of the molecule is COCC(N)C(=O)Nc1cc(-c2ccncc2)ccc1C.Cl.Cl. The van der Waals surface area contributed by atoms with Gasteiger partial charge in [0, 0.05) is 25.2 Å². The topological polar surface area (TPSA) is 77.2 Å². The second-order valence-corrected chi connectivity index (χ2v) is 4.82. The molecular weight excluding hydrogens is 337 g/mol. The van der Waals surface area contributed by atoms with Crippen LogP contribution in [-0.2, 0) is 9.53 Å². The highest BCUT2D eigenvalue weighted by molar-refractivity contribution is 5.96. The molecule has 0 saturated carbocycles. The zero-order valence-electron chi connectivity index (χ0n) is 13.0. The van der Waals surface area contributed by atoms with Crippen molar-refractivity contribution < 1.29 is 9.53 Å². The molecule has 1 atom stereocenters. The molecule has 7 heteroatoms. The summed E-state index contributed by atoms with van der Waals surface area (Å²) >= 11 is 0. The molecular formula is C16H21Cl2N3O2. The highest BCUT2D eigenvalue weighted by Gasteiger charge is 2.14. The Morgan fingerprint density at radius 1 is 1.22 bits per heavy atom. The molecule has 0 bridgehead atoms. The van der Waals surface area contributed by atoms with E-state index in [1.165, 1.54) is 7.11 Å². The number of anilines is 1. The predicted octanol–water partition coefficient (Wildman–Crippen LogP) is 2.81. The van der Waals surface area contributed by atoms with Crippen molar-refractivity contribution in [2.45, 2.75) is 13.0 Å². The van der Waals surface area contributed by atoms with Crippen molar-refractivity contribution in [1.29, 1.82) is 0 Å². The number of nitrogens with zero attached hydrogens (tertiary/aromatic N) is 1. The number of hydrogen-bond acceptors (Lipinski definition) is 4. The van der Waals surface area contributed by atoms with Gasteiger partial charge < -0.3 is 15.8 Å². The third kappa shape index (κ3) is 5.80. The summed E-state index contributed by atoms with van der Waals surface area (Å²) in [6.07, 6.45) is 3.48. The first-order valence-corrected chi connectivity index (χ1v) is 6.68. The van der Waals surface area contributed by atoms with Crippen molar-refractivity contribution >= 4 is 36.4 Å². The van der Waals surface area contributed by atoms with Crippen LogP contribution in [0.1, 0.15) is 5.56 Å². The largest absolute Gasteiger partial charge is 0.383 e. The molecule has 2 aromatic rings. The number of aromatic nitrogens is 1. The first-order valence-electron chi connectivity index (χ1n) is 6.68. The lowest BCUT2D eigenvalue weighted by Crippen LogP contribution is -2.39. The number of benzene rings is 1. The summed E-state index contributed by atoms with van der Waals surface area (Å²) in [6.45, 7) is 2.13. The lowest BCUT2D eigenvalue weighted by Gasteiger charge is -2.14. The van der Waals surface area contributed by atoms with Crippen LogP contribution in [0.3, 0.4) is 0 Å². The number of carbonyl (C=O) groups is 1. The number of pyridine rings is 1. The molecule has 0 aliphatic heterocycles. The van der Waals surface area contributed by atoms with Crippen LogP contribution in [0.4, 0.5) is 5.69 Å². The van der Waals surface area contributed by atoms with Gasteiger partial charge in [-0.15, -0.1) is 24.8 Å². The van der Waals surface area contributed by atoms with Crippen molar-refractivity contribution in [3.05, 3.63) is 48.3 Å². The normalized spacial score (nSPS) is 10.9. The Kier molecular flexibility index (Phi) is 9.44. The zero-order chi connectivity index (χ0) is 15.2. The van der Waals surface area contributed by atoms with E-state index in [4.69, 9.17) is 10.5 Å². The number of hydrogen-bond donors (Lipinski definition) is 2. The zero-order valence-corrected chi connectivity index (χ0v) is 14.6. The molecule has 126 valence electrons. The molecule has 2 rings (SSSR count). The van der Waals surface area contributed by atoms with E-state index in [1.807, 2.05) is 37.3 Å². The van der Waals surface area contributed by atoms with Gasteiger partial charge in [-0.05, 0) is 41.8 Å². The number of nitrogens with two attached hydrogens (primary N) is 1. The Morgan fingerprint density at radius 2 is 1.87 bits per heavy atom. The lowest BCUT2D eigenvalue weighted by atomic mass is 10.0. The van der Waals surface area contributed by atoms with Crippen LogP contribution in [0.2, 0.25) is 0 Å². The molecule has 0 radical (unpaired) electrons. The summed E-state index contributed by atoms with van der Waals surface area (Å²) in [4.78, 5) is 16.0. The fraction of sp³-hybridized carbons (Fsp3) is 0.250. The number of nitrogens with one attached hydrogen (secondary N) is 1. The molecule has 1 aromatic carbocycles. The minimum absolute atomic E-state index is 0. The van der Waals surface area contributed by atoms with Crippen LogP contribution in [0.5, 0.6) is 0 Å². The van der Waals surface area contributed by atoms with Gasteiger partial charge in [0.15, 0.2) is 0 Å². The summed E-state index contributed by atoms with van der Waals surface area (Å²) in [7, 11) is 1.52. The summed E-state index contributed by atoms with van der Waals surface area (Å²) in [5.74, 6) is -0.258. The second-order valence-electron chi connectivity index (χ2n) is 4.82. The molecule has 1 unspecified atom stereocenters. The van der Waals surface area contributed by atoms with Gasteiger partial charge in [-0.25, -0.2) is 0 Å². The maximum atomic E-state index is 12.0. The van der Waals surface area contributed by atoms with Crippen LogP contribution in [0.25, 0.3) is 11.1 Å². The minimum atomic E-state index is -0.681. The molecule has 1 aromatic heterocycles. The van der Waals surface area contributed by atoms with Crippen LogP contribution in [-0.4, -0.2) is 30.6 Å². The van der Waals surface area contributed by atoms with Gasteiger partial charge in [-0.1, -0.05) is 12.1 Å². The molecule has 1 heterocycles. The monoisotopic (exact) mass is 357 g/mol. The standard InChI is InChI=1S/C16H19N3O2.2ClH/c1-11-3-4-13(12-5-7-18-8-6-12)9-15(11)19-16(20)14(17)10-21-2;;/h3-9,14H,10,17H2,1-2H3,(H,19,20);2*1H. The van der Waals surface area contributed by atoms with E-state index in [0.29, 0.717) is 0 Å². The molecule has 0 saturated heterocycles. The second kappa shape index (κ2) is 10.2. The molecule has 3 N–H and O–H groups in total. The summed E-state index contributed by atoms with van der Waals surface area (Å²) in [6, 6.07) is 9.07. The Bertz CT molecular complexity index is 624. The van der Waals surface area contributed by atoms with E-state index < -0.39 is 6.04 Å². The Balaban J connectivity index is 0.00000242. The first kappa shape index (κ1) is 21.3. The fourth-order valence-corrected chi connectivity index (χ4v) is 1.96. The van der Waals surface area contributed by atoms with E-state index in [0.717, 1.165) is 22.4 Å². The number of ether oxygens (including phenoxy) is 1. The summed E-state index contributed by atoms with van der Waals surface area (Å²) < 4.78 is 4.89. The number of rotatable bonds is 5. The predicted molar refractivity (Wildman–Crippen MR) is 97.4 cm³/mol. The van der Waals surface area contributed by atoms with E-state index in [2.05, 4.69) is 10.3 Å². The molecule has 0 aliphatic rings. The smallest absolute Gasteiger partial charge is 0.243 e. The van der Waals surface area contributed by atoms with E-state index in [-0.39, 0.29) is 37.3 Å². The van der Waals surface area contributed by atoms with Crippen molar-refractivity contribution in [1.82, 2.24) is 4.98 Å². The summed E-state index contributed by atoms with van der Waals surface area (Å²) in [5, 5.41) is 2.85. The van der Waals surface area contributed by atoms with E-state index in [1.54, 1.807) is 12.4 Å². The van der Waals surface area contributed by atoms with Gasteiger partial charge in [0.25, 0.3) is 0 Å². The number of aryl methyl sites for hydroxylation is 1.